The van der Waals surface area contributed by atoms with E-state index in [1.165, 1.54) is 0 Å². The molecule has 0 fully saturated rings. The number of hydrogen-bond acceptors (Lipinski definition) is 4. The third-order valence-corrected chi connectivity index (χ3v) is 2.59. The molecular weight excluding hydrogens is 214 g/mol. The Hall–Kier alpha value is -2.56. The van der Waals surface area contributed by atoms with Crippen molar-refractivity contribution in [3.63, 3.8) is 0 Å². The van der Waals surface area contributed by atoms with Crippen LogP contribution in [-0.4, -0.2) is 14.8 Å². The molecule has 2 aromatic heterocycles. The first-order valence-electron chi connectivity index (χ1n) is 5.20. The molecule has 3 aromatic rings. The minimum absolute atomic E-state index is 0.411. The number of anilines is 2. The summed E-state index contributed by atoms with van der Waals surface area (Å²) in [5.41, 5.74) is 13.2. The summed E-state index contributed by atoms with van der Waals surface area (Å²) in [5, 5.41) is 5.18. The lowest BCUT2D eigenvalue weighted by atomic mass is 10.2. The number of hydrogen-bond donors (Lipinski definition) is 2. The minimum Gasteiger partial charge on any atom is -0.384 e. The molecule has 0 unspecified atom stereocenters. The Bertz CT molecular complexity index is 686. The number of benzene rings is 1. The van der Waals surface area contributed by atoms with Crippen molar-refractivity contribution in [1.82, 2.24) is 14.8 Å². The Kier molecular flexibility index (Phi) is 1.98. The molecule has 2 heterocycles. The van der Waals surface area contributed by atoms with Crippen LogP contribution in [-0.2, 0) is 0 Å². The zero-order valence-corrected chi connectivity index (χ0v) is 9.04. The van der Waals surface area contributed by atoms with Crippen LogP contribution in [0.3, 0.4) is 0 Å². The number of pyridine rings is 1. The maximum Gasteiger partial charge on any atom is 0.148 e. The summed E-state index contributed by atoms with van der Waals surface area (Å²) in [6, 6.07) is 11.3. The molecule has 0 saturated heterocycles. The van der Waals surface area contributed by atoms with Gasteiger partial charge in [-0.05, 0) is 24.3 Å². The van der Waals surface area contributed by atoms with Gasteiger partial charge >= 0.3 is 0 Å². The first kappa shape index (κ1) is 9.65. The average Bonchev–Trinajstić information content (AvgIpc) is 2.68. The summed E-state index contributed by atoms with van der Waals surface area (Å²) in [6.45, 7) is 0. The van der Waals surface area contributed by atoms with Gasteiger partial charge in [0, 0.05) is 17.6 Å². The molecule has 0 saturated carbocycles. The second kappa shape index (κ2) is 3.48. The summed E-state index contributed by atoms with van der Waals surface area (Å²) in [7, 11) is 0. The molecule has 0 spiro atoms. The Morgan fingerprint density at radius 2 is 1.94 bits per heavy atom. The first-order chi connectivity index (χ1) is 8.24. The molecule has 84 valence electrons. The van der Waals surface area contributed by atoms with Crippen LogP contribution in [0.15, 0.2) is 42.6 Å². The monoisotopic (exact) mass is 225 g/mol. The van der Waals surface area contributed by atoms with E-state index in [0.29, 0.717) is 11.6 Å². The molecule has 0 radical (unpaired) electrons. The number of aromatic nitrogens is 3. The van der Waals surface area contributed by atoms with Gasteiger partial charge in [-0.25, -0.2) is 4.68 Å². The summed E-state index contributed by atoms with van der Waals surface area (Å²) < 4.78 is 1.61. The van der Waals surface area contributed by atoms with E-state index in [1.807, 2.05) is 30.3 Å². The molecule has 0 aliphatic heterocycles. The third-order valence-electron chi connectivity index (χ3n) is 2.59. The van der Waals surface area contributed by atoms with Crippen molar-refractivity contribution in [2.24, 2.45) is 0 Å². The summed E-state index contributed by atoms with van der Waals surface area (Å²) in [4.78, 5) is 4.26. The third kappa shape index (κ3) is 1.57. The van der Waals surface area contributed by atoms with Crippen LogP contribution in [0.5, 0.6) is 0 Å². The second-order valence-electron chi connectivity index (χ2n) is 3.79. The van der Waals surface area contributed by atoms with Gasteiger partial charge < -0.3 is 11.5 Å². The fraction of sp³-hybridized carbons (Fsp3) is 0. The molecule has 17 heavy (non-hydrogen) atoms. The van der Waals surface area contributed by atoms with Crippen LogP contribution in [0.2, 0.25) is 0 Å². The van der Waals surface area contributed by atoms with E-state index in [0.717, 1.165) is 16.6 Å². The maximum absolute atomic E-state index is 5.82. The zero-order valence-electron chi connectivity index (χ0n) is 9.04. The van der Waals surface area contributed by atoms with Crippen LogP contribution in [0, 0.1) is 0 Å². The molecule has 0 atom stereocenters. The van der Waals surface area contributed by atoms with Gasteiger partial charge in [0.05, 0.1) is 11.2 Å². The van der Waals surface area contributed by atoms with Crippen LogP contribution >= 0.6 is 0 Å². The molecule has 0 aliphatic rings. The molecule has 4 N–H and O–H groups in total. The molecule has 5 nitrogen and oxygen atoms in total. The number of nitrogens with zero attached hydrogens (tertiary/aromatic N) is 3. The first-order valence-corrected chi connectivity index (χ1v) is 5.20. The van der Waals surface area contributed by atoms with Gasteiger partial charge in [-0.15, -0.1) is 5.10 Å². The van der Waals surface area contributed by atoms with Gasteiger partial charge in [0.15, 0.2) is 0 Å². The van der Waals surface area contributed by atoms with Crippen LogP contribution in [0.1, 0.15) is 0 Å². The number of fused-ring (bicyclic) bond motifs is 1. The van der Waals surface area contributed by atoms with Crippen LogP contribution < -0.4 is 11.5 Å². The second-order valence-corrected chi connectivity index (χ2v) is 3.79. The van der Waals surface area contributed by atoms with E-state index < -0.39 is 0 Å². The van der Waals surface area contributed by atoms with Gasteiger partial charge in [-0.1, -0.05) is 6.07 Å². The highest BCUT2D eigenvalue weighted by Crippen LogP contribution is 2.19. The Morgan fingerprint density at radius 1 is 1.06 bits per heavy atom. The predicted octanol–water partition coefficient (Wildman–Crippen LogP) is 1.58. The van der Waals surface area contributed by atoms with Crippen LogP contribution in [0.4, 0.5) is 11.6 Å². The van der Waals surface area contributed by atoms with Crippen molar-refractivity contribution in [3.8, 4) is 5.69 Å². The van der Waals surface area contributed by atoms with Crippen molar-refractivity contribution in [2.75, 3.05) is 11.5 Å². The van der Waals surface area contributed by atoms with Gasteiger partial charge in [-0.3, -0.25) is 4.98 Å². The Morgan fingerprint density at radius 3 is 2.71 bits per heavy atom. The topological polar surface area (TPSA) is 82.8 Å². The predicted molar refractivity (Wildman–Crippen MR) is 67.7 cm³/mol. The van der Waals surface area contributed by atoms with E-state index in [1.54, 1.807) is 16.9 Å². The molecule has 0 aliphatic carbocycles. The highest BCUT2D eigenvalue weighted by molar-refractivity contribution is 5.80. The fourth-order valence-electron chi connectivity index (χ4n) is 1.82. The smallest absolute Gasteiger partial charge is 0.148 e. The van der Waals surface area contributed by atoms with Crippen molar-refractivity contribution in [2.45, 2.75) is 0 Å². The molecule has 5 heteroatoms. The zero-order chi connectivity index (χ0) is 11.8. The van der Waals surface area contributed by atoms with Crippen molar-refractivity contribution in [3.05, 3.63) is 42.6 Å². The van der Waals surface area contributed by atoms with E-state index in [-0.39, 0.29) is 0 Å². The number of rotatable bonds is 1. The highest BCUT2D eigenvalue weighted by Gasteiger charge is 2.05. The molecular formula is C12H11N5. The Labute approximate surface area is 97.7 Å². The molecule has 1 aromatic carbocycles. The quantitative estimate of drug-likeness (QED) is 0.658. The normalized spacial score (nSPS) is 10.8. The fourth-order valence-corrected chi connectivity index (χ4v) is 1.82. The largest absolute Gasteiger partial charge is 0.384 e. The number of nitrogen functional groups attached to an aromatic ring is 2. The minimum atomic E-state index is 0.411. The van der Waals surface area contributed by atoms with Gasteiger partial charge in [-0.2, -0.15) is 0 Å². The van der Waals surface area contributed by atoms with Crippen molar-refractivity contribution in [1.29, 1.82) is 0 Å². The van der Waals surface area contributed by atoms with Gasteiger partial charge in [0.1, 0.15) is 11.6 Å². The lowest BCUT2D eigenvalue weighted by Crippen LogP contribution is -2.01. The summed E-state index contributed by atoms with van der Waals surface area (Å²) >= 11 is 0. The van der Waals surface area contributed by atoms with Gasteiger partial charge in [0.2, 0.25) is 0 Å². The SMILES string of the molecule is Nc1cc(N)n(-c2ccc3ncccc3c2)n1. The summed E-state index contributed by atoms with van der Waals surface area (Å²) in [5.74, 6) is 0.930. The molecule has 0 bridgehead atoms. The van der Waals surface area contributed by atoms with E-state index in [4.69, 9.17) is 11.5 Å². The standard InChI is InChI=1S/C12H11N5/c13-11-7-12(14)17(16-11)9-3-4-10-8(6-9)2-1-5-15-10/h1-7H,14H2,(H2,13,16). The lowest BCUT2D eigenvalue weighted by Gasteiger charge is -2.04. The van der Waals surface area contributed by atoms with E-state index in [9.17, 15) is 0 Å². The lowest BCUT2D eigenvalue weighted by molar-refractivity contribution is 0.898. The Balaban J connectivity index is 2.21. The van der Waals surface area contributed by atoms with Crippen molar-refractivity contribution < 1.29 is 0 Å². The number of nitrogens with two attached hydrogens (primary N) is 2. The van der Waals surface area contributed by atoms with Gasteiger partial charge in [0.25, 0.3) is 0 Å². The van der Waals surface area contributed by atoms with E-state index in [2.05, 4.69) is 10.1 Å². The average molecular weight is 225 g/mol. The van der Waals surface area contributed by atoms with Crippen LogP contribution in [0.25, 0.3) is 16.6 Å². The maximum atomic E-state index is 5.82. The molecule has 0 amide bonds. The highest BCUT2D eigenvalue weighted by atomic mass is 15.3. The molecule has 3 rings (SSSR count). The van der Waals surface area contributed by atoms with E-state index >= 15 is 0 Å². The van der Waals surface area contributed by atoms with Crippen molar-refractivity contribution >= 4 is 22.5 Å². The summed E-state index contributed by atoms with van der Waals surface area (Å²) in [6.07, 6.45) is 1.77.